The van der Waals surface area contributed by atoms with Gasteiger partial charge in [0.25, 0.3) is 5.56 Å². The standard InChI is InChI=1S/C24H29ClN4OS/c1-3-18-19(13-16-9-5-4-6-10-16)26-24(27-23(18)30)31-14-20-21(25)22(29-28-20)17-11-7-8-15(2)12-17/h7-8,11-12,16H,3-6,9-10,13-14H2,1-2H3,(H,28,29)(H,26,27,30). The number of rotatable bonds is 7. The summed E-state index contributed by atoms with van der Waals surface area (Å²) in [6, 6.07) is 8.16. The Morgan fingerprint density at radius 1 is 1.19 bits per heavy atom. The molecule has 0 unspecified atom stereocenters. The maximum atomic E-state index is 12.7. The largest absolute Gasteiger partial charge is 0.301 e. The fourth-order valence-corrected chi connectivity index (χ4v) is 5.54. The molecular formula is C24H29ClN4OS. The van der Waals surface area contributed by atoms with Crippen molar-refractivity contribution in [3.05, 3.63) is 62.2 Å². The van der Waals surface area contributed by atoms with Crippen molar-refractivity contribution in [3.63, 3.8) is 0 Å². The Morgan fingerprint density at radius 2 is 2.00 bits per heavy atom. The van der Waals surface area contributed by atoms with E-state index in [1.165, 1.54) is 49.4 Å². The third kappa shape index (κ3) is 5.24. The number of thioether (sulfide) groups is 1. The number of halogens is 1. The van der Waals surface area contributed by atoms with Crippen molar-refractivity contribution < 1.29 is 0 Å². The number of aromatic nitrogens is 4. The van der Waals surface area contributed by atoms with Crippen LogP contribution < -0.4 is 5.56 Å². The average molecular weight is 457 g/mol. The minimum absolute atomic E-state index is 0.0145. The monoisotopic (exact) mass is 456 g/mol. The molecule has 0 radical (unpaired) electrons. The molecule has 5 nitrogen and oxygen atoms in total. The first-order valence-corrected chi connectivity index (χ1v) is 12.5. The van der Waals surface area contributed by atoms with Gasteiger partial charge in [0.1, 0.15) is 0 Å². The highest BCUT2D eigenvalue weighted by Crippen LogP contribution is 2.32. The van der Waals surface area contributed by atoms with E-state index < -0.39 is 0 Å². The highest BCUT2D eigenvalue weighted by atomic mass is 35.5. The average Bonchev–Trinajstić information content (AvgIpc) is 3.13. The van der Waals surface area contributed by atoms with E-state index in [-0.39, 0.29) is 5.56 Å². The number of hydrogen-bond donors (Lipinski definition) is 2. The summed E-state index contributed by atoms with van der Waals surface area (Å²) in [7, 11) is 0. The number of aromatic amines is 2. The van der Waals surface area contributed by atoms with Crippen molar-refractivity contribution in [2.75, 3.05) is 0 Å². The Hall–Kier alpha value is -2.05. The lowest BCUT2D eigenvalue weighted by molar-refractivity contribution is 0.352. The number of benzene rings is 1. The molecule has 1 saturated carbocycles. The van der Waals surface area contributed by atoms with E-state index >= 15 is 0 Å². The Bertz CT molecular complexity index is 1100. The maximum Gasteiger partial charge on any atom is 0.254 e. The summed E-state index contributed by atoms with van der Waals surface area (Å²) in [5.41, 5.74) is 5.55. The Morgan fingerprint density at radius 3 is 2.74 bits per heavy atom. The molecule has 7 heteroatoms. The summed E-state index contributed by atoms with van der Waals surface area (Å²) in [6.45, 7) is 4.08. The molecule has 0 aliphatic heterocycles. The summed E-state index contributed by atoms with van der Waals surface area (Å²) < 4.78 is 0. The molecule has 1 aliphatic rings. The van der Waals surface area contributed by atoms with Crippen LogP contribution in [0.15, 0.2) is 34.2 Å². The van der Waals surface area contributed by atoms with Gasteiger partial charge in [0.05, 0.1) is 22.1 Å². The van der Waals surface area contributed by atoms with Crippen LogP contribution >= 0.6 is 23.4 Å². The first kappa shape index (κ1) is 22.2. The van der Waals surface area contributed by atoms with Crippen molar-refractivity contribution in [2.45, 2.75) is 69.7 Å². The van der Waals surface area contributed by atoms with Crippen LogP contribution in [0.2, 0.25) is 5.02 Å². The lowest BCUT2D eigenvalue weighted by Gasteiger charge is -2.22. The molecule has 0 bridgehead atoms. The highest BCUT2D eigenvalue weighted by molar-refractivity contribution is 7.98. The number of nitrogens with zero attached hydrogens (tertiary/aromatic N) is 2. The Balaban J connectivity index is 1.51. The zero-order chi connectivity index (χ0) is 21.8. The van der Waals surface area contributed by atoms with Gasteiger partial charge in [0.2, 0.25) is 0 Å². The van der Waals surface area contributed by atoms with Crippen LogP contribution in [0.4, 0.5) is 0 Å². The smallest absolute Gasteiger partial charge is 0.254 e. The third-order valence-corrected chi connectivity index (χ3v) is 7.36. The van der Waals surface area contributed by atoms with E-state index in [9.17, 15) is 4.79 Å². The fourth-order valence-electron chi connectivity index (χ4n) is 4.38. The van der Waals surface area contributed by atoms with E-state index in [1.807, 2.05) is 19.1 Å². The summed E-state index contributed by atoms with van der Waals surface area (Å²) in [5.74, 6) is 1.18. The van der Waals surface area contributed by atoms with Gasteiger partial charge in [-0.15, -0.1) is 0 Å². The topological polar surface area (TPSA) is 74.4 Å². The van der Waals surface area contributed by atoms with Crippen LogP contribution in [0.3, 0.4) is 0 Å². The van der Waals surface area contributed by atoms with Crippen molar-refractivity contribution in [1.29, 1.82) is 0 Å². The first-order valence-electron chi connectivity index (χ1n) is 11.1. The van der Waals surface area contributed by atoms with Crippen LogP contribution in [-0.4, -0.2) is 20.2 Å². The quantitative estimate of drug-likeness (QED) is 0.332. The van der Waals surface area contributed by atoms with Gasteiger partial charge in [-0.3, -0.25) is 9.89 Å². The van der Waals surface area contributed by atoms with Gasteiger partial charge in [-0.05, 0) is 31.7 Å². The van der Waals surface area contributed by atoms with Crippen LogP contribution in [0.1, 0.15) is 61.5 Å². The van der Waals surface area contributed by atoms with Crippen LogP contribution in [-0.2, 0) is 18.6 Å². The number of H-pyrrole nitrogens is 2. The summed E-state index contributed by atoms with van der Waals surface area (Å²) >= 11 is 8.09. The normalized spacial score (nSPS) is 14.8. The first-order chi connectivity index (χ1) is 15.0. The van der Waals surface area contributed by atoms with Gasteiger partial charge >= 0.3 is 0 Å². The molecule has 1 fully saturated rings. The molecule has 0 spiro atoms. The second-order valence-electron chi connectivity index (χ2n) is 8.38. The lowest BCUT2D eigenvalue weighted by Crippen LogP contribution is -2.21. The number of nitrogens with one attached hydrogen (secondary N) is 2. The van der Waals surface area contributed by atoms with E-state index in [0.29, 0.717) is 28.3 Å². The molecule has 1 aromatic carbocycles. The highest BCUT2D eigenvalue weighted by Gasteiger charge is 2.19. The molecule has 0 saturated heterocycles. The van der Waals surface area contributed by atoms with E-state index in [4.69, 9.17) is 16.6 Å². The molecule has 1 aliphatic carbocycles. The van der Waals surface area contributed by atoms with Crippen LogP contribution in [0.25, 0.3) is 11.3 Å². The molecule has 164 valence electrons. The lowest BCUT2D eigenvalue weighted by atomic mass is 9.85. The molecule has 2 aromatic heterocycles. The molecule has 0 amide bonds. The van der Waals surface area contributed by atoms with Gasteiger partial charge in [0, 0.05) is 16.9 Å². The molecule has 0 atom stereocenters. The molecule has 4 rings (SSSR count). The predicted molar refractivity (Wildman–Crippen MR) is 128 cm³/mol. The minimum Gasteiger partial charge on any atom is -0.301 e. The molecule has 2 heterocycles. The molecular weight excluding hydrogens is 428 g/mol. The van der Waals surface area contributed by atoms with E-state index in [2.05, 4.69) is 34.2 Å². The third-order valence-electron chi connectivity index (χ3n) is 6.07. The maximum absolute atomic E-state index is 12.7. The molecule has 3 aromatic rings. The van der Waals surface area contributed by atoms with Gasteiger partial charge < -0.3 is 4.98 Å². The van der Waals surface area contributed by atoms with Crippen molar-refractivity contribution in [2.24, 2.45) is 5.92 Å². The van der Waals surface area contributed by atoms with Crippen molar-refractivity contribution in [1.82, 2.24) is 20.2 Å². The minimum atomic E-state index is -0.0145. The van der Waals surface area contributed by atoms with Gasteiger partial charge in [0.15, 0.2) is 5.16 Å². The van der Waals surface area contributed by atoms with E-state index in [1.54, 1.807) is 0 Å². The Kier molecular flexibility index (Phi) is 7.18. The molecule has 31 heavy (non-hydrogen) atoms. The summed E-state index contributed by atoms with van der Waals surface area (Å²) in [5, 5.41) is 8.73. The zero-order valence-electron chi connectivity index (χ0n) is 18.1. The predicted octanol–water partition coefficient (Wildman–Crippen LogP) is 6.10. The van der Waals surface area contributed by atoms with Crippen LogP contribution in [0.5, 0.6) is 0 Å². The molecule has 2 N–H and O–H groups in total. The fraction of sp³-hybridized carbons (Fsp3) is 0.458. The van der Waals surface area contributed by atoms with Crippen molar-refractivity contribution >= 4 is 23.4 Å². The van der Waals surface area contributed by atoms with Gasteiger partial charge in [-0.1, -0.05) is 86.2 Å². The second-order valence-corrected chi connectivity index (χ2v) is 9.72. The number of aryl methyl sites for hydroxylation is 1. The van der Waals surface area contributed by atoms with E-state index in [0.717, 1.165) is 34.6 Å². The summed E-state index contributed by atoms with van der Waals surface area (Å²) in [6.07, 6.45) is 8.00. The summed E-state index contributed by atoms with van der Waals surface area (Å²) in [4.78, 5) is 20.5. The zero-order valence-corrected chi connectivity index (χ0v) is 19.7. The van der Waals surface area contributed by atoms with Crippen LogP contribution in [0, 0.1) is 12.8 Å². The van der Waals surface area contributed by atoms with Gasteiger partial charge in [-0.25, -0.2) is 4.98 Å². The Labute approximate surface area is 192 Å². The van der Waals surface area contributed by atoms with Gasteiger partial charge in [-0.2, -0.15) is 5.10 Å². The SMILES string of the molecule is CCc1c(CC2CCCCC2)nc(SCc2n[nH]c(-c3cccc(C)c3)c2Cl)[nH]c1=O. The van der Waals surface area contributed by atoms with Crippen molar-refractivity contribution in [3.8, 4) is 11.3 Å². The number of hydrogen-bond acceptors (Lipinski definition) is 4. The second kappa shape index (κ2) is 10.0.